The Kier molecular flexibility index (Phi) is 32.3. The molecule has 22 heavy (non-hydrogen) atoms. The van der Waals surface area contributed by atoms with E-state index in [9.17, 15) is 29.7 Å². The van der Waals surface area contributed by atoms with Gasteiger partial charge in [0, 0.05) is 19.6 Å². The first-order valence-corrected chi connectivity index (χ1v) is 5.36. The zero-order valence-corrected chi connectivity index (χ0v) is 12.8. The van der Waals surface area contributed by atoms with Crippen LogP contribution in [0.3, 0.4) is 0 Å². The Labute approximate surface area is 136 Å². The van der Waals surface area contributed by atoms with Crippen molar-refractivity contribution in [1.82, 2.24) is 16.0 Å². The number of nitrogens with one attached hydrogen (secondary N) is 3. The Morgan fingerprint density at radius 1 is 0.636 bits per heavy atom. The van der Waals surface area contributed by atoms with Crippen LogP contribution in [0.2, 0.25) is 0 Å². The molecule has 0 spiro atoms. The van der Waals surface area contributed by atoms with Gasteiger partial charge in [0.15, 0.2) is 0 Å². The number of carbonyl (C=O) groups excluding carboxylic acids is 3. The van der Waals surface area contributed by atoms with Gasteiger partial charge in [0.1, 0.15) is 0 Å². The van der Waals surface area contributed by atoms with Crippen molar-refractivity contribution < 1.29 is 45.0 Å². The number of aliphatic hydroxyl groups excluding tert-OH is 3. The van der Waals surface area contributed by atoms with E-state index in [1.165, 1.54) is 0 Å². The van der Waals surface area contributed by atoms with E-state index in [1.54, 1.807) is 0 Å². The molecule has 6 N–H and O–H groups in total. The third-order valence-electron chi connectivity index (χ3n) is 1.14. The van der Waals surface area contributed by atoms with Crippen molar-refractivity contribution in [2.75, 3.05) is 39.8 Å². The van der Waals surface area contributed by atoms with Gasteiger partial charge in [-0.25, -0.2) is 0 Å². The number of aliphatic carboxylic acids is 3. The van der Waals surface area contributed by atoms with Gasteiger partial charge in [-0.3, -0.25) is 16.0 Å². The minimum Gasteiger partial charge on any atom is -0.549 e. The van der Waals surface area contributed by atoms with Gasteiger partial charge in [-0.05, 0) is 0 Å². The van der Waals surface area contributed by atoms with Crippen LogP contribution in [0.25, 0.3) is 0 Å². The molecule has 0 heterocycles. The molecule has 0 bridgehead atoms. The molecule has 12 nitrogen and oxygen atoms in total. The van der Waals surface area contributed by atoms with E-state index in [1.807, 2.05) is 0 Å². The van der Waals surface area contributed by atoms with E-state index in [2.05, 4.69) is 16.0 Å². The molecule has 0 aliphatic heterocycles. The third-order valence-corrected chi connectivity index (χ3v) is 1.14. The second kappa shape index (κ2) is 24.7. The summed E-state index contributed by atoms with van der Waals surface area (Å²) in [6.07, 6.45) is 0. The van der Waals surface area contributed by atoms with Gasteiger partial charge in [0.2, 0.25) is 0 Å². The van der Waals surface area contributed by atoms with Crippen LogP contribution in [0, 0.1) is 0 Å². The second-order valence-corrected chi connectivity index (χ2v) is 2.87. The Balaban J connectivity index is -0.000000108. The third kappa shape index (κ3) is 51.2. The number of carboxylic acids is 3. The number of rotatable bonds is 9. The maximum Gasteiger partial charge on any atom is 3.00 e. The number of hydrogen-bond donors (Lipinski definition) is 6. The molecule has 0 aromatic rings. The molecule has 0 rings (SSSR count). The summed E-state index contributed by atoms with van der Waals surface area (Å²) >= 11 is 0. The van der Waals surface area contributed by atoms with Crippen LogP contribution in [0.5, 0.6) is 0 Å². The van der Waals surface area contributed by atoms with Crippen LogP contribution >= 0.6 is 0 Å². The number of aliphatic hydroxyl groups is 3. The zero-order valence-electron chi connectivity index (χ0n) is 11.6. The van der Waals surface area contributed by atoms with Gasteiger partial charge in [-0.15, -0.1) is 0 Å². The van der Waals surface area contributed by atoms with Gasteiger partial charge < -0.3 is 45.0 Å². The zero-order chi connectivity index (χ0) is 17.1. The molecule has 0 saturated heterocycles. The van der Waals surface area contributed by atoms with Crippen LogP contribution in [0.4, 0.5) is 0 Å². The first kappa shape index (κ1) is 28.8. The topological polar surface area (TPSA) is 217 Å². The molecule has 0 unspecified atom stereocenters. The van der Waals surface area contributed by atoms with Gasteiger partial charge in [-0.2, -0.15) is 0 Å². The molecular weight excluding hydrogens is 321 g/mol. The molecule has 0 saturated carbocycles. The summed E-state index contributed by atoms with van der Waals surface area (Å²) in [7, 11) is 0. The molecule has 0 atom stereocenters. The van der Waals surface area contributed by atoms with Crippen LogP contribution in [0.1, 0.15) is 0 Å². The fraction of sp³-hybridized carbons (Fsp3) is 0.667. The molecule has 0 amide bonds. The molecule has 0 aliphatic carbocycles. The minimum atomic E-state index is -1.21. The molecule has 0 aliphatic rings. The van der Waals surface area contributed by atoms with Gasteiger partial charge in [-0.1, -0.05) is 0 Å². The average Bonchev–Trinajstić information content (AvgIpc) is 2.41. The molecule has 0 aromatic heterocycles. The van der Waals surface area contributed by atoms with Crippen LogP contribution in [-0.4, -0.2) is 90.4 Å². The largest absolute Gasteiger partial charge is 3.00 e. The number of carbonyl (C=O) groups is 3. The Bertz CT molecular complexity index is 238. The maximum absolute atomic E-state index is 9.47. The summed E-state index contributed by atoms with van der Waals surface area (Å²) in [5.74, 6) is -3.64. The molecule has 126 valence electrons. The number of hydrogen-bond acceptors (Lipinski definition) is 12. The van der Waals surface area contributed by atoms with Crippen LogP contribution in [0.15, 0.2) is 0 Å². The predicted octanol–water partition coefficient (Wildman–Crippen LogP) is -8.55. The fourth-order valence-corrected chi connectivity index (χ4v) is 0.474. The SMILES string of the molecule is O=C([O-])CNCO.O=C([O-])CNCO.O=C([O-])CNCO.[Al+3]. The quantitative estimate of drug-likeness (QED) is 0.170. The van der Waals surface area contributed by atoms with Gasteiger partial charge in [0.25, 0.3) is 0 Å². The van der Waals surface area contributed by atoms with Crippen molar-refractivity contribution in [3.8, 4) is 0 Å². The monoisotopic (exact) mass is 339 g/mol. The van der Waals surface area contributed by atoms with Crippen molar-refractivity contribution in [2.24, 2.45) is 0 Å². The van der Waals surface area contributed by atoms with Crippen LogP contribution in [-0.2, 0) is 14.4 Å². The smallest absolute Gasteiger partial charge is 0.549 e. The summed E-state index contributed by atoms with van der Waals surface area (Å²) in [5.41, 5.74) is 0. The summed E-state index contributed by atoms with van der Waals surface area (Å²) in [5, 5.41) is 58.6. The first-order valence-electron chi connectivity index (χ1n) is 5.36. The standard InChI is InChI=1S/3C3H7NO3.Al/c3*5-2-4-1-3(6)7;/h3*4-5H,1-2H2,(H,6,7);/q;;;+3/p-3. The minimum absolute atomic E-state index is 0. The van der Waals surface area contributed by atoms with Gasteiger partial charge >= 0.3 is 17.4 Å². The molecule has 13 heteroatoms. The molecule has 0 radical (unpaired) electrons. The summed E-state index contributed by atoms with van der Waals surface area (Å²) in [6, 6.07) is 0. The van der Waals surface area contributed by atoms with Crippen molar-refractivity contribution in [3.63, 3.8) is 0 Å². The second-order valence-electron chi connectivity index (χ2n) is 2.87. The van der Waals surface area contributed by atoms with Crippen molar-refractivity contribution in [2.45, 2.75) is 0 Å². The number of carboxylic acid groups (broad SMARTS) is 3. The van der Waals surface area contributed by atoms with E-state index in [4.69, 9.17) is 15.3 Å². The van der Waals surface area contributed by atoms with E-state index in [0.717, 1.165) is 0 Å². The van der Waals surface area contributed by atoms with Crippen LogP contribution < -0.4 is 31.3 Å². The summed E-state index contributed by atoms with van der Waals surface area (Å²) < 4.78 is 0. The predicted molar refractivity (Wildman–Crippen MR) is 66.0 cm³/mol. The first-order chi connectivity index (χ1) is 9.81. The van der Waals surface area contributed by atoms with E-state index in [-0.39, 0.29) is 57.2 Å². The Hall–Kier alpha value is -1.30. The Morgan fingerprint density at radius 3 is 0.864 bits per heavy atom. The average molecular weight is 339 g/mol. The fourth-order valence-electron chi connectivity index (χ4n) is 0.474. The summed E-state index contributed by atoms with van der Waals surface area (Å²) in [6.45, 7) is -1.86. The van der Waals surface area contributed by atoms with E-state index < -0.39 is 17.9 Å². The molecule has 0 aromatic carbocycles. The van der Waals surface area contributed by atoms with Crippen molar-refractivity contribution in [3.05, 3.63) is 0 Å². The van der Waals surface area contributed by atoms with Gasteiger partial charge in [0.05, 0.1) is 38.1 Å². The normalized spacial score (nSPS) is 8.32. The van der Waals surface area contributed by atoms with Crippen molar-refractivity contribution >= 4 is 35.3 Å². The maximum atomic E-state index is 9.47. The van der Waals surface area contributed by atoms with Crippen molar-refractivity contribution in [1.29, 1.82) is 0 Å². The molecular formula is C9H18AlN3O9. The van der Waals surface area contributed by atoms with E-state index in [0.29, 0.717) is 0 Å². The Morgan fingerprint density at radius 2 is 0.818 bits per heavy atom. The van der Waals surface area contributed by atoms with E-state index >= 15 is 0 Å². The molecule has 0 fully saturated rings. The summed E-state index contributed by atoms with van der Waals surface area (Å²) in [4.78, 5) is 28.4.